The van der Waals surface area contributed by atoms with Crippen LogP contribution in [0.25, 0.3) is 0 Å². The van der Waals surface area contributed by atoms with Crippen LogP contribution in [0.15, 0.2) is 0 Å². The van der Waals surface area contributed by atoms with E-state index in [1.165, 1.54) is 0 Å². The van der Waals surface area contributed by atoms with Gasteiger partial charge < -0.3 is 16.0 Å². The molecule has 0 bridgehead atoms. The first-order valence-corrected chi connectivity index (χ1v) is 7.18. The third kappa shape index (κ3) is 8.48. The summed E-state index contributed by atoms with van der Waals surface area (Å²) >= 11 is 0. The first-order valence-electron chi connectivity index (χ1n) is 7.18. The van der Waals surface area contributed by atoms with Crippen LogP contribution in [0.5, 0.6) is 0 Å². The highest BCUT2D eigenvalue weighted by molar-refractivity contribution is 5.76. The van der Waals surface area contributed by atoms with Crippen molar-refractivity contribution >= 4 is 5.91 Å². The number of amides is 1. The quantitative estimate of drug-likeness (QED) is 0.584. The first-order chi connectivity index (χ1) is 8.51. The average Bonchev–Trinajstić information content (AvgIpc) is 2.35. The van der Waals surface area contributed by atoms with E-state index in [9.17, 15) is 4.79 Å². The summed E-state index contributed by atoms with van der Waals surface area (Å²) in [7, 11) is 2.14. The van der Waals surface area contributed by atoms with Crippen molar-refractivity contribution in [1.29, 1.82) is 0 Å². The Kier molecular flexibility index (Phi) is 9.98. The number of hydrogen-bond donors (Lipinski definition) is 2. The number of unbranched alkanes of at least 4 members (excludes halogenated alkanes) is 1. The largest absolute Gasteiger partial charge is 0.356 e. The van der Waals surface area contributed by atoms with E-state index in [2.05, 4.69) is 38.0 Å². The summed E-state index contributed by atoms with van der Waals surface area (Å²) in [6.07, 6.45) is 3.72. The highest BCUT2D eigenvalue weighted by Crippen LogP contribution is 2.05. The fraction of sp³-hybridized carbons (Fsp3) is 0.929. The molecular formula is C14H31N3O. The van der Waals surface area contributed by atoms with Gasteiger partial charge in [-0.15, -0.1) is 0 Å². The lowest BCUT2D eigenvalue weighted by Crippen LogP contribution is -2.30. The van der Waals surface area contributed by atoms with Crippen LogP contribution < -0.4 is 11.1 Å². The molecule has 0 saturated carbocycles. The van der Waals surface area contributed by atoms with E-state index >= 15 is 0 Å². The maximum absolute atomic E-state index is 11.6. The molecule has 0 fully saturated rings. The van der Waals surface area contributed by atoms with E-state index in [0.29, 0.717) is 24.9 Å². The Bertz CT molecular complexity index is 215. The maximum atomic E-state index is 11.6. The summed E-state index contributed by atoms with van der Waals surface area (Å²) in [5, 5.41) is 2.97. The Hall–Kier alpha value is -0.610. The van der Waals surface area contributed by atoms with Gasteiger partial charge in [0.25, 0.3) is 0 Å². The van der Waals surface area contributed by atoms with Crippen molar-refractivity contribution in [1.82, 2.24) is 10.2 Å². The average molecular weight is 257 g/mol. The van der Waals surface area contributed by atoms with E-state index in [4.69, 9.17) is 5.73 Å². The van der Waals surface area contributed by atoms with Crippen molar-refractivity contribution in [2.24, 2.45) is 11.7 Å². The number of rotatable bonds is 10. The van der Waals surface area contributed by atoms with E-state index in [-0.39, 0.29) is 5.91 Å². The van der Waals surface area contributed by atoms with Gasteiger partial charge in [-0.25, -0.2) is 0 Å². The fourth-order valence-corrected chi connectivity index (χ4v) is 1.70. The highest BCUT2D eigenvalue weighted by Gasteiger charge is 2.09. The van der Waals surface area contributed by atoms with Crippen LogP contribution in [0.1, 0.15) is 46.5 Å². The molecule has 0 spiro atoms. The van der Waals surface area contributed by atoms with Crippen LogP contribution in [0.3, 0.4) is 0 Å². The molecule has 108 valence electrons. The SMILES string of the molecule is CCC(CN)CC(=O)NCCCCN(C)C(C)C. The zero-order chi connectivity index (χ0) is 14.0. The van der Waals surface area contributed by atoms with E-state index in [1.807, 2.05) is 0 Å². The minimum atomic E-state index is 0.143. The summed E-state index contributed by atoms with van der Waals surface area (Å²) in [6.45, 7) is 8.94. The molecule has 0 aliphatic heterocycles. The molecule has 3 N–H and O–H groups in total. The lowest BCUT2D eigenvalue weighted by Gasteiger charge is -2.20. The predicted molar refractivity (Wildman–Crippen MR) is 77.5 cm³/mol. The minimum absolute atomic E-state index is 0.143. The molecular weight excluding hydrogens is 226 g/mol. The van der Waals surface area contributed by atoms with Crippen LogP contribution >= 0.6 is 0 Å². The van der Waals surface area contributed by atoms with Crippen molar-refractivity contribution < 1.29 is 4.79 Å². The molecule has 18 heavy (non-hydrogen) atoms. The number of carbonyl (C=O) groups is 1. The van der Waals surface area contributed by atoms with Gasteiger partial charge in [-0.2, -0.15) is 0 Å². The van der Waals surface area contributed by atoms with Crippen molar-refractivity contribution in [2.45, 2.75) is 52.5 Å². The summed E-state index contributed by atoms with van der Waals surface area (Å²) < 4.78 is 0. The van der Waals surface area contributed by atoms with Crippen LogP contribution in [0, 0.1) is 5.92 Å². The lowest BCUT2D eigenvalue weighted by atomic mass is 10.0. The number of carbonyl (C=O) groups excluding carboxylic acids is 1. The zero-order valence-electron chi connectivity index (χ0n) is 12.5. The Morgan fingerprint density at radius 2 is 2.00 bits per heavy atom. The van der Waals surface area contributed by atoms with Gasteiger partial charge in [0.1, 0.15) is 0 Å². The van der Waals surface area contributed by atoms with Gasteiger partial charge >= 0.3 is 0 Å². The molecule has 0 saturated heterocycles. The predicted octanol–water partition coefficient (Wildman–Crippen LogP) is 1.60. The van der Waals surface area contributed by atoms with Crippen molar-refractivity contribution in [3.05, 3.63) is 0 Å². The number of nitrogens with one attached hydrogen (secondary N) is 1. The summed E-state index contributed by atoms with van der Waals surface area (Å²) in [4.78, 5) is 13.9. The van der Waals surface area contributed by atoms with Crippen molar-refractivity contribution in [2.75, 3.05) is 26.7 Å². The normalized spacial score (nSPS) is 13.1. The van der Waals surface area contributed by atoms with Crippen LogP contribution in [0.2, 0.25) is 0 Å². The van der Waals surface area contributed by atoms with Crippen LogP contribution in [-0.2, 0) is 4.79 Å². The lowest BCUT2D eigenvalue weighted by molar-refractivity contribution is -0.122. The molecule has 0 aliphatic carbocycles. The summed E-state index contributed by atoms with van der Waals surface area (Å²) in [6, 6.07) is 0.592. The molecule has 1 atom stereocenters. The summed E-state index contributed by atoms with van der Waals surface area (Å²) in [5.41, 5.74) is 5.58. The van der Waals surface area contributed by atoms with Gasteiger partial charge in [0.15, 0.2) is 0 Å². The second-order valence-electron chi connectivity index (χ2n) is 5.35. The number of nitrogens with two attached hydrogens (primary N) is 1. The van der Waals surface area contributed by atoms with Gasteiger partial charge in [0.05, 0.1) is 0 Å². The molecule has 0 radical (unpaired) electrons. The molecule has 0 aromatic rings. The Balaban J connectivity index is 3.51. The molecule has 4 nitrogen and oxygen atoms in total. The molecule has 0 rings (SSSR count). The first kappa shape index (κ1) is 17.4. The number of nitrogens with zero attached hydrogens (tertiary/aromatic N) is 1. The maximum Gasteiger partial charge on any atom is 0.220 e. The molecule has 0 aromatic carbocycles. The topological polar surface area (TPSA) is 58.4 Å². The monoisotopic (exact) mass is 257 g/mol. The standard InChI is InChI=1S/C14H31N3O/c1-5-13(11-15)10-14(18)16-8-6-7-9-17(4)12(2)3/h12-13H,5-11,15H2,1-4H3,(H,16,18). The molecule has 0 aromatic heterocycles. The highest BCUT2D eigenvalue weighted by atomic mass is 16.1. The fourth-order valence-electron chi connectivity index (χ4n) is 1.70. The minimum Gasteiger partial charge on any atom is -0.356 e. The molecule has 4 heteroatoms. The Morgan fingerprint density at radius 1 is 1.33 bits per heavy atom. The smallest absolute Gasteiger partial charge is 0.220 e. The van der Waals surface area contributed by atoms with Gasteiger partial charge in [-0.3, -0.25) is 4.79 Å². The third-order valence-electron chi connectivity index (χ3n) is 3.53. The molecule has 1 unspecified atom stereocenters. The molecule has 0 aliphatic rings. The van der Waals surface area contributed by atoms with Gasteiger partial charge in [0, 0.05) is 19.0 Å². The van der Waals surface area contributed by atoms with Crippen molar-refractivity contribution in [3.63, 3.8) is 0 Å². The Labute approximate surface area is 112 Å². The Morgan fingerprint density at radius 3 is 2.50 bits per heavy atom. The van der Waals surface area contributed by atoms with Crippen LogP contribution in [-0.4, -0.2) is 43.5 Å². The van der Waals surface area contributed by atoms with Crippen LogP contribution in [0.4, 0.5) is 0 Å². The molecule has 1 amide bonds. The second kappa shape index (κ2) is 10.3. The molecule has 0 heterocycles. The van der Waals surface area contributed by atoms with E-state index in [1.54, 1.807) is 0 Å². The second-order valence-corrected chi connectivity index (χ2v) is 5.35. The van der Waals surface area contributed by atoms with E-state index < -0.39 is 0 Å². The van der Waals surface area contributed by atoms with Crippen molar-refractivity contribution in [3.8, 4) is 0 Å². The number of hydrogen-bond acceptors (Lipinski definition) is 3. The van der Waals surface area contributed by atoms with E-state index in [0.717, 1.165) is 32.4 Å². The van der Waals surface area contributed by atoms with Gasteiger partial charge in [-0.1, -0.05) is 13.3 Å². The zero-order valence-corrected chi connectivity index (χ0v) is 12.5. The van der Waals surface area contributed by atoms with Gasteiger partial charge in [-0.05, 0) is 52.7 Å². The third-order valence-corrected chi connectivity index (χ3v) is 3.53. The van der Waals surface area contributed by atoms with Gasteiger partial charge in [0.2, 0.25) is 5.91 Å². The summed E-state index contributed by atoms with van der Waals surface area (Å²) in [5.74, 6) is 0.474.